The lowest BCUT2D eigenvalue weighted by Crippen LogP contribution is -2.29. The maximum atomic E-state index is 12.1. The van der Waals surface area contributed by atoms with Crippen LogP contribution in [0.3, 0.4) is 0 Å². The number of nitro groups is 1. The van der Waals surface area contributed by atoms with Gasteiger partial charge in [-0.1, -0.05) is 18.5 Å². The van der Waals surface area contributed by atoms with Crippen LogP contribution >= 0.6 is 11.6 Å². The third kappa shape index (κ3) is 3.62. The minimum atomic E-state index is -0.634. The SMILES string of the molecule is CC(CNC(=O)c1cc(Cl)c(NN)c([N+](=O)[O-])c1)C1CC1. The van der Waals surface area contributed by atoms with Gasteiger partial charge in [0.05, 0.1) is 9.95 Å². The van der Waals surface area contributed by atoms with Crippen LogP contribution < -0.4 is 16.6 Å². The van der Waals surface area contributed by atoms with E-state index >= 15 is 0 Å². The van der Waals surface area contributed by atoms with Crippen LogP contribution in [0.25, 0.3) is 0 Å². The molecule has 1 amide bonds. The maximum absolute atomic E-state index is 12.1. The van der Waals surface area contributed by atoms with Crippen molar-refractivity contribution in [2.75, 3.05) is 12.0 Å². The zero-order valence-corrected chi connectivity index (χ0v) is 12.3. The van der Waals surface area contributed by atoms with Crippen molar-refractivity contribution in [1.29, 1.82) is 0 Å². The van der Waals surface area contributed by atoms with Gasteiger partial charge in [0.1, 0.15) is 5.69 Å². The number of nitro benzene ring substituents is 1. The molecule has 1 aliphatic rings. The smallest absolute Gasteiger partial charge is 0.295 e. The van der Waals surface area contributed by atoms with Gasteiger partial charge in [-0.25, -0.2) is 0 Å². The molecular formula is C13H17ClN4O3. The topological polar surface area (TPSA) is 110 Å². The van der Waals surface area contributed by atoms with Gasteiger partial charge in [0.15, 0.2) is 0 Å². The van der Waals surface area contributed by atoms with E-state index in [0.717, 1.165) is 6.07 Å². The molecule has 0 heterocycles. The first kappa shape index (κ1) is 15.5. The summed E-state index contributed by atoms with van der Waals surface area (Å²) < 4.78 is 0. The average Bonchev–Trinajstić information content (AvgIpc) is 3.27. The Hall–Kier alpha value is -1.86. The van der Waals surface area contributed by atoms with Crippen molar-refractivity contribution in [3.63, 3.8) is 0 Å². The van der Waals surface area contributed by atoms with Gasteiger partial charge in [-0.2, -0.15) is 0 Å². The Morgan fingerprint density at radius 2 is 2.24 bits per heavy atom. The maximum Gasteiger partial charge on any atom is 0.295 e. The summed E-state index contributed by atoms with van der Waals surface area (Å²) in [4.78, 5) is 22.4. The van der Waals surface area contributed by atoms with Crippen LogP contribution in [0.1, 0.15) is 30.1 Å². The number of amides is 1. The quantitative estimate of drug-likeness (QED) is 0.424. The van der Waals surface area contributed by atoms with E-state index in [-0.39, 0.29) is 27.9 Å². The Morgan fingerprint density at radius 1 is 1.57 bits per heavy atom. The van der Waals surface area contributed by atoms with Crippen molar-refractivity contribution in [3.8, 4) is 0 Å². The number of nitrogens with zero attached hydrogens (tertiary/aromatic N) is 1. The number of hydrogen-bond acceptors (Lipinski definition) is 5. The highest BCUT2D eigenvalue weighted by Crippen LogP contribution is 2.36. The summed E-state index contributed by atoms with van der Waals surface area (Å²) >= 11 is 5.92. The second kappa shape index (κ2) is 6.28. The molecule has 1 atom stereocenters. The first-order valence-corrected chi connectivity index (χ1v) is 7.04. The molecule has 0 aliphatic heterocycles. The van der Waals surface area contributed by atoms with Gasteiger partial charge in [-0.3, -0.25) is 20.8 Å². The molecule has 2 rings (SSSR count). The van der Waals surface area contributed by atoms with Gasteiger partial charge in [0.2, 0.25) is 0 Å². The van der Waals surface area contributed by atoms with Crippen LogP contribution in [0.5, 0.6) is 0 Å². The Labute approximate surface area is 127 Å². The summed E-state index contributed by atoms with van der Waals surface area (Å²) in [5.41, 5.74) is 1.99. The lowest BCUT2D eigenvalue weighted by molar-refractivity contribution is -0.384. The molecule has 7 nitrogen and oxygen atoms in total. The fraction of sp³-hybridized carbons (Fsp3) is 0.462. The van der Waals surface area contributed by atoms with E-state index in [4.69, 9.17) is 17.4 Å². The number of nitrogens with one attached hydrogen (secondary N) is 2. The average molecular weight is 313 g/mol. The van der Waals surface area contributed by atoms with Gasteiger partial charge >= 0.3 is 0 Å². The summed E-state index contributed by atoms with van der Waals surface area (Å²) in [5, 5.41) is 13.8. The summed E-state index contributed by atoms with van der Waals surface area (Å²) in [6, 6.07) is 2.53. The number of halogens is 1. The molecule has 0 radical (unpaired) electrons. The van der Waals surface area contributed by atoms with Gasteiger partial charge in [-0.05, 0) is 30.7 Å². The molecule has 1 aliphatic carbocycles. The van der Waals surface area contributed by atoms with E-state index in [1.807, 2.05) is 0 Å². The molecule has 1 aromatic rings. The highest BCUT2D eigenvalue weighted by Gasteiger charge is 2.28. The van der Waals surface area contributed by atoms with E-state index in [0.29, 0.717) is 18.4 Å². The molecule has 0 saturated heterocycles. The first-order valence-electron chi connectivity index (χ1n) is 6.66. The summed E-state index contributed by atoms with van der Waals surface area (Å²) in [6.07, 6.45) is 2.40. The number of hydrazine groups is 1. The van der Waals surface area contributed by atoms with E-state index in [1.165, 1.54) is 18.9 Å². The van der Waals surface area contributed by atoms with Crippen molar-refractivity contribution in [2.45, 2.75) is 19.8 Å². The van der Waals surface area contributed by atoms with Crippen LogP contribution in [0.4, 0.5) is 11.4 Å². The van der Waals surface area contributed by atoms with Gasteiger partial charge in [0, 0.05) is 18.2 Å². The van der Waals surface area contributed by atoms with Crippen LogP contribution in [0.15, 0.2) is 12.1 Å². The molecule has 1 saturated carbocycles. The largest absolute Gasteiger partial charge is 0.352 e. The van der Waals surface area contributed by atoms with E-state index in [9.17, 15) is 14.9 Å². The van der Waals surface area contributed by atoms with Crippen molar-refractivity contribution in [3.05, 3.63) is 32.8 Å². The molecule has 1 unspecified atom stereocenters. The van der Waals surface area contributed by atoms with Crippen LogP contribution in [0, 0.1) is 22.0 Å². The number of nitrogen functional groups attached to an aromatic ring is 1. The van der Waals surface area contributed by atoms with Crippen LogP contribution in [0.2, 0.25) is 5.02 Å². The van der Waals surface area contributed by atoms with E-state index in [2.05, 4.69) is 17.7 Å². The second-order valence-corrected chi connectivity index (χ2v) is 5.69. The lowest BCUT2D eigenvalue weighted by Gasteiger charge is -2.12. The van der Waals surface area contributed by atoms with Gasteiger partial charge < -0.3 is 10.7 Å². The van der Waals surface area contributed by atoms with Crippen molar-refractivity contribution in [1.82, 2.24) is 5.32 Å². The normalized spacial score (nSPS) is 15.4. The number of benzene rings is 1. The molecule has 0 bridgehead atoms. The van der Waals surface area contributed by atoms with Crippen molar-refractivity contribution < 1.29 is 9.72 Å². The Balaban J connectivity index is 2.14. The van der Waals surface area contributed by atoms with Crippen LogP contribution in [-0.4, -0.2) is 17.4 Å². The third-order valence-electron chi connectivity index (χ3n) is 3.68. The van der Waals surface area contributed by atoms with Crippen molar-refractivity contribution in [2.24, 2.45) is 17.7 Å². The standard InChI is InChI=1S/C13H17ClN4O3/c1-7(8-2-3-8)6-16-13(19)9-4-10(14)12(17-15)11(5-9)18(20)21/h4-5,7-8,17H,2-3,6,15H2,1H3,(H,16,19). The molecule has 114 valence electrons. The predicted molar refractivity (Wildman–Crippen MR) is 80.1 cm³/mol. The molecule has 4 N–H and O–H groups in total. The Kier molecular flexibility index (Phi) is 4.64. The molecule has 8 heteroatoms. The predicted octanol–water partition coefficient (Wildman–Crippen LogP) is 2.31. The van der Waals surface area contributed by atoms with E-state index in [1.54, 1.807) is 0 Å². The van der Waals surface area contributed by atoms with Crippen molar-refractivity contribution >= 4 is 28.9 Å². The van der Waals surface area contributed by atoms with Gasteiger partial charge in [0.25, 0.3) is 11.6 Å². The minimum Gasteiger partial charge on any atom is -0.352 e. The zero-order valence-electron chi connectivity index (χ0n) is 11.6. The summed E-state index contributed by atoms with van der Waals surface area (Å²) in [5.74, 6) is 5.92. The fourth-order valence-corrected chi connectivity index (χ4v) is 2.47. The number of carbonyl (C=O) groups excluding carboxylic acids is 1. The van der Waals surface area contributed by atoms with Gasteiger partial charge in [-0.15, -0.1) is 0 Å². The summed E-state index contributed by atoms with van der Waals surface area (Å²) in [7, 11) is 0. The summed E-state index contributed by atoms with van der Waals surface area (Å²) in [6.45, 7) is 2.63. The third-order valence-corrected chi connectivity index (χ3v) is 3.98. The number of anilines is 1. The fourth-order valence-electron chi connectivity index (χ4n) is 2.20. The lowest BCUT2D eigenvalue weighted by atomic mass is 10.1. The number of rotatable bonds is 6. The van der Waals surface area contributed by atoms with Crippen LogP contribution in [-0.2, 0) is 0 Å². The zero-order chi connectivity index (χ0) is 15.6. The number of hydrogen-bond donors (Lipinski definition) is 3. The molecule has 0 aromatic heterocycles. The number of nitrogens with two attached hydrogens (primary N) is 1. The minimum absolute atomic E-state index is 0.00966. The number of carbonyl (C=O) groups is 1. The molecule has 0 spiro atoms. The van der Waals surface area contributed by atoms with E-state index < -0.39 is 4.92 Å². The monoisotopic (exact) mass is 312 g/mol. The molecule has 1 fully saturated rings. The Morgan fingerprint density at radius 3 is 2.76 bits per heavy atom. The highest BCUT2D eigenvalue weighted by atomic mass is 35.5. The molecule has 1 aromatic carbocycles. The molecule has 21 heavy (non-hydrogen) atoms. The first-order chi connectivity index (χ1) is 9.93. The molecular weight excluding hydrogens is 296 g/mol. The highest BCUT2D eigenvalue weighted by molar-refractivity contribution is 6.34. The Bertz CT molecular complexity index is 575. The second-order valence-electron chi connectivity index (χ2n) is 5.28.